The summed E-state index contributed by atoms with van der Waals surface area (Å²) < 4.78 is 66.5. The van der Waals surface area contributed by atoms with E-state index in [0.717, 1.165) is 11.1 Å². The number of nitrogen functional groups attached to an aromatic ring is 1. The maximum Gasteiger partial charge on any atom is 0.243 e. The molecule has 0 saturated carbocycles. The van der Waals surface area contributed by atoms with Gasteiger partial charge in [0.25, 0.3) is 0 Å². The first-order chi connectivity index (χ1) is 20.5. The van der Waals surface area contributed by atoms with E-state index in [1.807, 2.05) is 12.1 Å². The standard InChI is InChI=1S/C29H37N5O7S2/c1-31-42(36,37)26-6-3-5-25(15-26)40-20-24(35)18-32-23-16-29(41-19-23)10-12-34(13-11-29)43(38,39)27-7-2-4-21(14-27)22-8-9-28(30)33-17-22/h2-9,14-15,17,23-24,31-32,35H,10-13,16,18-20H2,1H3,(H2,30,33)/t23-,24?/m0/s1. The van der Waals surface area contributed by atoms with Gasteiger partial charge in [-0.15, -0.1) is 0 Å². The van der Waals surface area contributed by atoms with E-state index in [1.54, 1.807) is 42.6 Å². The fourth-order valence-corrected chi connectivity index (χ4v) is 7.67. The molecule has 2 saturated heterocycles. The van der Waals surface area contributed by atoms with Crippen LogP contribution in [0.15, 0.2) is 76.7 Å². The molecule has 5 rings (SSSR count). The lowest BCUT2D eigenvalue weighted by Crippen LogP contribution is -2.47. The van der Waals surface area contributed by atoms with Gasteiger partial charge in [-0.25, -0.2) is 26.5 Å². The van der Waals surface area contributed by atoms with Crippen molar-refractivity contribution in [3.8, 4) is 16.9 Å². The van der Waals surface area contributed by atoms with Gasteiger partial charge in [0.05, 0.1) is 22.0 Å². The smallest absolute Gasteiger partial charge is 0.243 e. The van der Waals surface area contributed by atoms with Gasteiger partial charge in [-0.3, -0.25) is 0 Å². The van der Waals surface area contributed by atoms with Crippen LogP contribution in [0.3, 0.4) is 0 Å². The Morgan fingerprint density at radius 2 is 1.81 bits per heavy atom. The van der Waals surface area contributed by atoms with Crippen LogP contribution in [-0.4, -0.2) is 88.9 Å². The molecule has 0 amide bonds. The molecule has 2 aliphatic heterocycles. The Kier molecular flexibility index (Phi) is 9.37. The number of benzene rings is 2. The van der Waals surface area contributed by atoms with Crippen LogP contribution in [-0.2, 0) is 24.8 Å². The third-order valence-corrected chi connectivity index (χ3v) is 11.2. The lowest BCUT2D eigenvalue weighted by molar-refractivity contribution is -0.0312. The molecule has 1 spiro atoms. The first-order valence-corrected chi connectivity index (χ1v) is 17.0. The SMILES string of the molecule is CNS(=O)(=O)c1cccc(OCC(O)CN[C@@H]2COC3(CCN(S(=O)(=O)c4cccc(-c5ccc(N)nc5)c4)CC3)C2)c1. The van der Waals surface area contributed by atoms with Crippen molar-refractivity contribution in [2.24, 2.45) is 0 Å². The average Bonchev–Trinajstić information content (AvgIpc) is 3.41. The number of ether oxygens (including phenoxy) is 2. The number of nitrogens with zero attached hydrogens (tertiary/aromatic N) is 2. The number of anilines is 1. The molecule has 0 bridgehead atoms. The Labute approximate surface area is 252 Å². The second-order valence-electron chi connectivity index (χ2n) is 10.9. The Hall–Kier alpha value is -3.11. The molecule has 2 atom stereocenters. The van der Waals surface area contributed by atoms with Gasteiger partial charge in [0.2, 0.25) is 20.0 Å². The number of hydrogen-bond donors (Lipinski definition) is 4. The summed E-state index contributed by atoms with van der Waals surface area (Å²) in [5.41, 5.74) is 6.80. The Balaban J connectivity index is 1.10. The van der Waals surface area contributed by atoms with Crippen LogP contribution in [0.5, 0.6) is 5.75 Å². The van der Waals surface area contributed by atoms with E-state index in [-0.39, 0.29) is 29.0 Å². The summed E-state index contributed by atoms with van der Waals surface area (Å²) >= 11 is 0. The summed E-state index contributed by atoms with van der Waals surface area (Å²) in [6.45, 7) is 1.40. The second-order valence-corrected chi connectivity index (χ2v) is 14.7. The molecular formula is C29H37N5O7S2. The third-order valence-electron chi connectivity index (χ3n) is 7.90. The van der Waals surface area contributed by atoms with Gasteiger partial charge in [0, 0.05) is 43.5 Å². The molecule has 43 heavy (non-hydrogen) atoms. The summed E-state index contributed by atoms with van der Waals surface area (Å²) in [7, 11) is -5.95. The monoisotopic (exact) mass is 631 g/mol. The summed E-state index contributed by atoms with van der Waals surface area (Å²) in [6.07, 6.45) is 2.65. The van der Waals surface area contributed by atoms with Crippen molar-refractivity contribution in [1.82, 2.24) is 19.3 Å². The van der Waals surface area contributed by atoms with Crippen LogP contribution < -0.4 is 20.5 Å². The van der Waals surface area contributed by atoms with E-state index in [4.69, 9.17) is 15.2 Å². The van der Waals surface area contributed by atoms with Gasteiger partial charge in [-0.1, -0.05) is 18.2 Å². The number of nitrogens with one attached hydrogen (secondary N) is 2. The summed E-state index contributed by atoms with van der Waals surface area (Å²) in [6, 6.07) is 16.4. The zero-order valence-corrected chi connectivity index (χ0v) is 25.5. The van der Waals surface area contributed by atoms with E-state index < -0.39 is 31.8 Å². The first-order valence-electron chi connectivity index (χ1n) is 14.0. The number of aliphatic hydroxyl groups is 1. The maximum absolute atomic E-state index is 13.5. The molecule has 2 aromatic carbocycles. The first kappa shape index (κ1) is 31.3. The van der Waals surface area contributed by atoms with Crippen LogP contribution >= 0.6 is 0 Å². The van der Waals surface area contributed by atoms with Crippen LogP contribution in [0.4, 0.5) is 5.82 Å². The zero-order chi connectivity index (χ0) is 30.7. The van der Waals surface area contributed by atoms with Gasteiger partial charge in [-0.2, -0.15) is 4.31 Å². The van der Waals surface area contributed by atoms with E-state index in [1.165, 1.54) is 23.5 Å². The van der Waals surface area contributed by atoms with Crippen LogP contribution in [0, 0.1) is 0 Å². The highest BCUT2D eigenvalue weighted by Crippen LogP contribution is 2.37. The minimum absolute atomic E-state index is 0.00658. The quantitative estimate of drug-likeness (QED) is 0.243. The topological polar surface area (TPSA) is 173 Å². The van der Waals surface area contributed by atoms with Crippen molar-refractivity contribution in [2.75, 3.05) is 45.6 Å². The molecule has 232 valence electrons. The van der Waals surface area contributed by atoms with Crippen molar-refractivity contribution in [1.29, 1.82) is 0 Å². The molecule has 3 aromatic rings. The minimum atomic E-state index is -3.69. The number of nitrogens with two attached hydrogens (primary N) is 1. The molecule has 14 heteroatoms. The maximum atomic E-state index is 13.5. The predicted octanol–water partition coefficient (Wildman–Crippen LogP) is 1.58. The molecule has 2 aliphatic rings. The van der Waals surface area contributed by atoms with E-state index >= 15 is 0 Å². The highest BCUT2D eigenvalue weighted by Gasteiger charge is 2.44. The van der Waals surface area contributed by atoms with Gasteiger partial charge in [0.1, 0.15) is 24.3 Å². The molecule has 0 aliphatic carbocycles. The van der Waals surface area contributed by atoms with Crippen LogP contribution in [0.2, 0.25) is 0 Å². The van der Waals surface area contributed by atoms with Crippen LogP contribution in [0.25, 0.3) is 11.1 Å². The summed E-state index contributed by atoms with van der Waals surface area (Å²) in [5, 5.41) is 13.8. The highest BCUT2D eigenvalue weighted by atomic mass is 32.2. The van der Waals surface area contributed by atoms with E-state index in [9.17, 15) is 21.9 Å². The summed E-state index contributed by atoms with van der Waals surface area (Å²) in [5.74, 6) is 0.740. The molecule has 1 unspecified atom stereocenters. The largest absolute Gasteiger partial charge is 0.491 e. The Morgan fingerprint density at radius 1 is 1.07 bits per heavy atom. The molecule has 2 fully saturated rings. The minimum Gasteiger partial charge on any atom is -0.491 e. The Bertz CT molecular complexity index is 1630. The lowest BCUT2D eigenvalue weighted by atomic mass is 9.88. The van der Waals surface area contributed by atoms with Crippen LogP contribution in [0.1, 0.15) is 19.3 Å². The van der Waals surface area contributed by atoms with E-state index in [2.05, 4.69) is 15.0 Å². The number of sulfonamides is 2. The van der Waals surface area contributed by atoms with Gasteiger partial charge >= 0.3 is 0 Å². The van der Waals surface area contributed by atoms with Gasteiger partial charge in [0.15, 0.2) is 0 Å². The van der Waals surface area contributed by atoms with Crippen molar-refractivity contribution in [2.45, 2.75) is 46.8 Å². The number of aromatic nitrogens is 1. The van der Waals surface area contributed by atoms with E-state index in [0.29, 0.717) is 50.5 Å². The number of hydrogen-bond acceptors (Lipinski definition) is 10. The zero-order valence-electron chi connectivity index (χ0n) is 23.8. The summed E-state index contributed by atoms with van der Waals surface area (Å²) in [4.78, 5) is 4.41. The fraction of sp³-hybridized carbons (Fsp3) is 0.414. The second kappa shape index (κ2) is 12.9. The average molecular weight is 632 g/mol. The number of pyridine rings is 1. The predicted molar refractivity (Wildman–Crippen MR) is 161 cm³/mol. The van der Waals surface area contributed by atoms with Crippen molar-refractivity contribution >= 4 is 25.9 Å². The van der Waals surface area contributed by atoms with Crippen molar-refractivity contribution in [3.63, 3.8) is 0 Å². The highest BCUT2D eigenvalue weighted by molar-refractivity contribution is 7.89. The Morgan fingerprint density at radius 3 is 2.53 bits per heavy atom. The number of piperidine rings is 1. The number of aliphatic hydroxyl groups excluding tert-OH is 1. The molecular weight excluding hydrogens is 594 g/mol. The molecule has 0 radical (unpaired) electrons. The van der Waals surface area contributed by atoms with Crippen molar-refractivity contribution < 1.29 is 31.4 Å². The lowest BCUT2D eigenvalue weighted by Gasteiger charge is -2.38. The molecule has 1 aromatic heterocycles. The van der Waals surface area contributed by atoms with Gasteiger partial charge in [-0.05, 0) is 68.3 Å². The molecule has 5 N–H and O–H groups in total. The third kappa shape index (κ3) is 7.34. The molecule has 12 nitrogen and oxygen atoms in total. The van der Waals surface area contributed by atoms with Crippen molar-refractivity contribution in [3.05, 3.63) is 66.9 Å². The molecule has 3 heterocycles. The normalized spacial score (nSPS) is 19.8. The number of rotatable bonds is 11. The fourth-order valence-electron chi connectivity index (χ4n) is 5.42. The van der Waals surface area contributed by atoms with Gasteiger partial charge < -0.3 is 25.6 Å².